The summed E-state index contributed by atoms with van der Waals surface area (Å²) in [5, 5.41) is 19.0. The summed E-state index contributed by atoms with van der Waals surface area (Å²) in [7, 11) is 3.69. The highest BCUT2D eigenvalue weighted by Gasteiger charge is 2.32. The van der Waals surface area contributed by atoms with E-state index in [1.807, 2.05) is 18.9 Å². The van der Waals surface area contributed by atoms with Crippen molar-refractivity contribution in [3.63, 3.8) is 0 Å². The fourth-order valence-corrected chi connectivity index (χ4v) is 2.69. The Balaban J connectivity index is 2.39. The third-order valence-electron chi connectivity index (χ3n) is 3.65. The molecule has 1 saturated heterocycles. The van der Waals surface area contributed by atoms with Gasteiger partial charge in [-0.3, -0.25) is 10.1 Å². The van der Waals surface area contributed by atoms with Crippen LogP contribution in [0, 0.1) is 10.1 Å². The first kappa shape index (κ1) is 13.8. The first-order valence-corrected chi connectivity index (χ1v) is 6.70. The first-order chi connectivity index (χ1) is 9.06. The average molecular weight is 267 g/mol. The Morgan fingerprint density at radius 3 is 2.89 bits per heavy atom. The van der Waals surface area contributed by atoms with Crippen molar-refractivity contribution < 1.29 is 4.92 Å². The molecule has 1 fully saturated rings. The van der Waals surface area contributed by atoms with Crippen LogP contribution in [0.4, 0.5) is 11.5 Å². The van der Waals surface area contributed by atoms with E-state index in [-0.39, 0.29) is 10.6 Å². The normalized spacial score (nSPS) is 18.8. The molecule has 2 rings (SSSR count). The lowest BCUT2D eigenvalue weighted by Crippen LogP contribution is -2.35. The summed E-state index contributed by atoms with van der Waals surface area (Å²) in [6, 6.07) is 0.295. The zero-order chi connectivity index (χ0) is 14.0. The van der Waals surface area contributed by atoms with E-state index in [1.54, 1.807) is 11.7 Å². The maximum Gasteiger partial charge on any atom is 0.334 e. The summed E-state index contributed by atoms with van der Waals surface area (Å²) in [5.74, 6) is 0.613. The van der Waals surface area contributed by atoms with Gasteiger partial charge in [-0.05, 0) is 19.4 Å². The minimum atomic E-state index is -0.299. The lowest BCUT2D eigenvalue weighted by Gasteiger charge is -2.24. The van der Waals surface area contributed by atoms with E-state index < -0.39 is 0 Å². The van der Waals surface area contributed by atoms with E-state index in [1.165, 1.54) is 0 Å². The first-order valence-electron chi connectivity index (χ1n) is 6.70. The Morgan fingerprint density at radius 2 is 2.37 bits per heavy atom. The molecular weight excluding hydrogens is 246 g/mol. The van der Waals surface area contributed by atoms with Gasteiger partial charge in [-0.15, -0.1) is 0 Å². The van der Waals surface area contributed by atoms with Crippen molar-refractivity contribution in [2.45, 2.75) is 32.2 Å². The number of hydrogen-bond acceptors (Lipinski definition) is 5. The second-order valence-electron chi connectivity index (χ2n) is 5.01. The number of nitro groups is 1. The summed E-state index contributed by atoms with van der Waals surface area (Å²) >= 11 is 0. The maximum atomic E-state index is 11.4. The molecule has 0 radical (unpaired) electrons. The third-order valence-corrected chi connectivity index (χ3v) is 3.65. The topological polar surface area (TPSA) is 76.2 Å². The molecule has 1 aromatic rings. The number of nitrogens with one attached hydrogen (secondary N) is 1. The van der Waals surface area contributed by atoms with Crippen LogP contribution in [0.25, 0.3) is 0 Å². The van der Waals surface area contributed by atoms with Crippen molar-refractivity contribution in [1.29, 1.82) is 0 Å². The number of aromatic nitrogens is 2. The van der Waals surface area contributed by atoms with E-state index in [0.29, 0.717) is 24.0 Å². The molecular formula is C12H21N5O2. The van der Waals surface area contributed by atoms with Crippen LogP contribution in [0.5, 0.6) is 0 Å². The Morgan fingerprint density at radius 1 is 1.63 bits per heavy atom. The highest BCUT2D eigenvalue weighted by molar-refractivity contribution is 5.62. The second kappa shape index (κ2) is 5.56. The van der Waals surface area contributed by atoms with Crippen molar-refractivity contribution in [3.05, 3.63) is 15.8 Å². The van der Waals surface area contributed by atoms with Gasteiger partial charge in [-0.1, -0.05) is 13.3 Å². The van der Waals surface area contributed by atoms with Crippen molar-refractivity contribution in [1.82, 2.24) is 15.1 Å². The van der Waals surface area contributed by atoms with Gasteiger partial charge < -0.3 is 10.2 Å². The van der Waals surface area contributed by atoms with Crippen LogP contribution in [0.15, 0.2) is 0 Å². The van der Waals surface area contributed by atoms with Gasteiger partial charge in [0, 0.05) is 26.7 Å². The van der Waals surface area contributed by atoms with Crippen LogP contribution in [0.1, 0.15) is 25.5 Å². The van der Waals surface area contributed by atoms with Gasteiger partial charge in [0.2, 0.25) is 5.82 Å². The number of likely N-dealkylation sites (N-methyl/N-ethyl adjacent to an activating group) is 1. The summed E-state index contributed by atoms with van der Waals surface area (Å²) in [5.41, 5.74) is 0.751. The number of hydrogen-bond donors (Lipinski definition) is 1. The molecule has 1 aromatic heterocycles. The van der Waals surface area contributed by atoms with Gasteiger partial charge in [0.05, 0.1) is 4.92 Å². The second-order valence-corrected chi connectivity index (χ2v) is 5.01. The van der Waals surface area contributed by atoms with Gasteiger partial charge in [-0.2, -0.15) is 5.10 Å². The molecule has 1 aliphatic heterocycles. The van der Waals surface area contributed by atoms with E-state index in [2.05, 4.69) is 10.4 Å². The zero-order valence-electron chi connectivity index (χ0n) is 11.7. The van der Waals surface area contributed by atoms with Crippen molar-refractivity contribution in [3.8, 4) is 0 Å². The number of aryl methyl sites for hydroxylation is 2. The number of rotatable bonds is 5. The Kier molecular flexibility index (Phi) is 4.04. The molecule has 19 heavy (non-hydrogen) atoms. The molecule has 0 amide bonds. The summed E-state index contributed by atoms with van der Waals surface area (Å²) in [6.45, 7) is 3.83. The van der Waals surface area contributed by atoms with Gasteiger partial charge >= 0.3 is 5.69 Å². The van der Waals surface area contributed by atoms with Crippen LogP contribution in [-0.4, -0.2) is 40.9 Å². The van der Waals surface area contributed by atoms with Gasteiger partial charge in [-0.25, -0.2) is 4.68 Å². The molecule has 0 aromatic carbocycles. The van der Waals surface area contributed by atoms with Crippen LogP contribution in [-0.2, 0) is 13.5 Å². The van der Waals surface area contributed by atoms with Crippen molar-refractivity contribution in [2.75, 3.05) is 25.0 Å². The molecule has 0 spiro atoms. The minimum Gasteiger partial charge on any atom is -0.350 e. The fourth-order valence-electron chi connectivity index (χ4n) is 2.69. The van der Waals surface area contributed by atoms with Crippen molar-refractivity contribution in [2.24, 2.45) is 7.05 Å². The standard InChI is InChI=1S/C12H21N5O2/c1-4-5-10-11(17(18)19)12(16(3)14-10)15(2)9-6-7-13-8-9/h9,13H,4-8H2,1-3H3. The van der Waals surface area contributed by atoms with Crippen molar-refractivity contribution >= 4 is 11.5 Å². The summed E-state index contributed by atoms with van der Waals surface area (Å²) in [4.78, 5) is 13.1. The largest absolute Gasteiger partial charge is 0.350 e. The van der Waals surface area contributed by atoms with Crippen LogP contribution in [0.3, 0.4) is 0 Å². The molecule has 1 unspecified atom stereocenters. The molecule has 106 valence electrons. The van der Waals surface area contributed by atoms with E-state index in [0.717, 1.165) is 25.9 Å². The molecule has 2 heterocycles. The fraction of sp³-hybridized carbons (Fsp3) is 0.750. The number of nitrogens with zero attached hydrogens (tertiary/aromatic N) is 4. The highest BCUT2D eigenvalue weighted by Crippen LogP contribution is 2.33. The summed E-state index contributed by atoms with van der Waals surface area (Å²) in [6.07, 6.45) is 2.49. The van der Waals surface area contributed by atoms with E-state index >= 15 is 0 Å². The molecule has 0 bridgehead atoms. The van der Waals surface area contributed by atoms with Gasteiger partial charge in [0.15, 0.2) is 0 Å². The number of anilines is 1. The smallest absolute Gasteiger partial charge is 0.334 e. The quantitative estimate of drug-likeness (QED) is 0.638. The van der Waals surface area contributed by atoms with E-state index in [9.17, 15) is 10.1 Å². The molecule has 7 heteroatoms. The Labute approximate surface area is 112 Å². The lowest BCUT2D eigenvalue weighted by atomic mass is 10.2. The van der Waals surface area contributed by atoms with Crippen LogP contribution in [0.2, 0.25) is 0 Å². The zero-order valence-corrected chi connectivity index (χ0v) is 11.7. The predicted molar refractivity (Wildman–Crippen MR) is 73.5 cm³/mol. The molecule has 1 aliphatic rings. The lowest BCUT2D eigenvalue weighted by molar-refractivity contribution is -0.384. The van der Waals surface area contributed by atoms with E-state index in [4.69, 9.17) is 0 Å². The Bertz CT molecular complexity index is 465. The monoisotopic (exact) mass is 267 g/mol. The SMILES string of the molecule is CCCc1nn(C)c(N(C)C2CCNC2)c1[N+](=O)[O-]. The summed E-state index contributed by atoms with van der Waals surface area (Å²) < 4.78 is 1.64. The van der Waals surface area contributed by atoms with Gasteiger partial charge in [0.1, 0.15) is 5.69 Å². The molecule has 7 nitrogen and oxygen atoms in total. The van der Waals surface area contributed by atoms with Gasteiger partial charge in [0.25, 0.3) is 0 Å². The molecule has 0 saturated carbocycles. The molecule has 1 N–H and O–H groups in total. The average Bonchev–Trinajstić information content (AvgIpc) is 2.96. The molecule has 0 aliphatic carbocycles. The van der Waals surface area contributed by atoms with Crippen LogP contribution >= 0.6 is 0 Å². The minimum absolute atomic E-state index is 0.166. The van der Waals surface area contributed by atoms with Crippen LogP contribution < -0.4 is 10.2 Å². The highest BCUT2D eigenvalue weighted by atomic mass is 16.6. The maximum absolute atomic E-state index is 11.4. The predicted octanol–water partition coefficient (Wildman–Crippen LogP) is 1.08. The molecule has 1 atom stereocenters. The third kappa shape index (κ3) is 2.56. The Hall–Kier alpha value is -1.63.